The summed E-state index contributed by atoms with van der Waals surface area (Å²) in [6.07, 6.45) is 5.71. The molecule has 2 aromatic heterocycles. The molecule has 0 amide bonds. The second-order valence-corrected chi connectivity index (χ2v) is 9.05. The summed E-state index contributed by atoms with van der Waals surface area (Å²) in [6.45, 7) is 10.8. The van der Waals surface area contributed by atoms with E-state index in [0.717, 1.165) is 51.3 Å². The molecule has 2 aliphatic rings. The highest BCUT2D eigenvalue weighted by atomic mass is 16.1. The number of hydrogen-bond acceptors (Lipinski definition) is 6. The van der Waals surface area contributed by atoms with Gasteiger partial charge >= 0.3 is 0 Å². The summed E-state index contributed by atoms with van der Waals surface area (Å²) in [5.41, 5.74) is 0.796. The molecular weight excluding hydrogens is 368 g/mol. The third kappa shape index (κ3) is 4.42. The van der Waals surface area contributed by atoms with E-state index in [-0.39, 0.29) is 16.5 Å². The lowest BCUT2D eigenvalue weighted by atomic mass is 9.92. The molecule has 0 radical (unpaired) electrons. The second kappa shape index (κ2) is 7.74. The Hall–Kier alpha value is -2.48. The van der Waals surface area contributed by atoms with Crippen molar-refractivity contribution in [2.75, 3.05) is 37.6 Å². The van der Waals surface area contributed by atoms with Crippen molar-refractivity contribution >= 4 is 5.82 Å². The Balaban J connectivity index is 1.36. The topological polar surface area (TPSA) is 76.3 Å². The number of piperazine rings is 1. The van der Waals surface area contributed by atoms with Crippen LogP contribution in [0.1, 0.15) is 45.3 Å². The van der Waals surface area contributed by atoms with Crippen molar-refractivity contribution in [2.24, 2.45) is 0 Å². The molecule has 4 rings (SSSR count). The molecule has 0 unspecified atom stereocenters. The monoisotopic (exact) mass is 398 g/mol. The third-order valence-corrected chi connectivity index (χ3v) is 5.73. The molecule has 1 saturated carbocycles. The predicted molar refractivity (Wildman–Crippen MR) is 113 cm³/mol. The Kier molecular flexibility index (Phi) is 5.29. The summed E-state index contributed by atoms with van der Waals surface area (Å²) >= 11 is 0. The molecule has 2 fully saturated rings. The van der Waals surface area contributed by atoms with Crippen LogP contribution in [0.4, 0.5) is 5.82 Å². The Morgan fingerprint density at radius 3 is 2.41 bits per heavy atom. The van der Waals surface area contributed by atoms with E-state index in [2.05, 4.69) is 40.7 Å². The lowest BCUT2D eigenvalue weighted by Crippen LogP contribution is -2.49. The molecule has 2 aromatic rings. The molecule has 3 heterocycles. The first kappa shape index (κ1) is 19.8. The number of aromatic nitrogens is 4. The average molecular weight is 399 g/mol. The zero-order valence-corrected chi connectivity index (χ0v) is 17.5. The quantitative estimate of drug-likeness (QED) is 0.755. The molecule has 1 aliphatic heterocycles. The summed E-state index contributed by atoms with van der Waals surface area (Å²) in [4.78, 5) is 33.6. The summed E-state index contributed by atoms with van der Waals surface area (Å²) in [7, 11) is 0. The minimum Gasteiger partial charge on any atom is -0.349 e. The van der Waals surface area contributed by atoms with Gasteiger partial charge in [-0.15, -0.1) is 0 Å². The van der Waals surface area contributed by atoms with Crippen LogP contribution in [0.2, 0.25) is 0 Å². The van der Waals surface area contributed by atoms with Crippen LogP contribution in [0, 0.1) is 0 Å². The van der Waals surface area contributed by atoms with E-state index < -0.39 is 0 Å². The molecule has 1 saturated heterocycles. The van der Waals surface area contributed by atoms with Crippen LogP contribution in [0.25, 0.3) is 0 Å². The first-order valence-electron chi connectivity index (χ1n) is 10.5. The van der Waals surface area contributed by atoms with Gasteiger partial charge in [-0.2, -0.15) is 5.10 Å². The highest BCUT2D eigenvalue weighted by Crippen LogP contribution is 2.33. The third-order valence-electron chi connectivity index (χ3n) is 5.73. The molecule has 0 N–H and O–H groups in total. The standard InChI is InChI=1S/C21H30N6O2/c1-21(2,3)17-6-7-18(28)27(23-17)15-12-24-10-13-25(14-11-24)19-20(29)26(9-8-22-19)16-4-5-16/h6-9,16H,4-5,10-15H2,1-3H3. The fourth-order valence-corrected chi connectivity index (χ4v) is 3.70. The van der Waals surface area contributed by atoms with E-state index in [0.29, 0.717) is 18.4 Å². The van der Waals surface area contributed by atoms with Crippen molar-refractivity contribution in [1.82, 2.24) is 24.2 Å². The van der Waals surface area contributed by atoms with E-state index in [1.165, 1.54) is 0 Å². The van der Waals surface area contributed by atoms with Crippen LogP contribution in [0.15, 0.2) is 34.1 Å². The van der Waals surface area contributed by atoms with Crippen molar-refractivity contribution in [1.29, 1.82) is 0 Å². The number of anilines is 1. The van der Waals surface area contributed by atoms with Gasteiger partial charge in [-0.1, -0.05) is 20.8 Å². The van der Waals surface area contributed by atoms with Crippen molar-refractivity contribution in [3.63, 3.8) is 0 Å². The SMILES string of the molecule is CC(C)(C)c1ccc(=O)n(CCN2CCN(c3nccn(C4CC4)c3=O)CC2)n1. The molecular formula is C21H30N6O2. The van der Waals surface area contributed by atoms with E-state index in [4.69, 9.17) is 0 Å². The molecule has 1 aliphatic carbocycles. The zero-order valence-electron chi connectivity index (χ0n) is 17.5. The first-order valence-corrected chi connectivity index (χ1v) is 10.5. The fourth-order valence-electron chi connectivity index (χ4n) is 3.70. The Bertz CT molecular complexity index is 978. The number of nitrogens with zero attached hydrogens (tertiary/aromatic N) is 6. The first-order chi connectivity index (χ1) is 13.8. The normalized spacial score (nSPS) is 18.2. The van der Waals surface area contributed by atoms with Gasteiger partial charge in [0.05, 0.1) is 12.2 Å². The van der Waals surface area contributed by atoms with E-state index in [1.807, 2.05) is 10.6 Å². The van der Waals surface area contributed by atoms with Gasteiger partial charge in [0.15, 0.2) is 5.82 Å². The van der Waals surface area contributed by atoms with Crippen molar-refractivity contribution < 1.29 is 0 Å². The highest BCUT2D eigenvalue weighted by Gasteiger charge is 2.27. The summed E-state index contributed by atoms with van der Waals surface area (Å²) in [5.74, 6) is 0.565. The van der Waals surface area contributed by atoms with Gasteiger partial charge in [0.1, 0.15) is 0 Å². The van der Waals surface area contributed by atoms with Crippen molar-refractivity contribution in [2.45, 2.75) is 51.6 Å². The lowest BCUT2D eigenvalue weighted by molar-refractivity contribution is 0.241. The van der Waals surface area contributed by atoms with Gasteiger partial charge in [0.2, 0.25) is 0 Å². The van der Waals surface area contributed by atoms with Crippen LogP contribution in [0.3, 0.4) is 0 Å². The van der Waals surface area contributed by atoms with Gasteiger partial charge in [-0.05, 0) is 18.9 Å². The molecule has 0 atom stereocenters. The Morgan fingerprint density at radius 2 is 1.76 bits per heavy atom. The molecule has 156 valence electrons. The molecule has 0 spiro atoms. The van der Waals surface area contributed by atoms with Crippen LogP contribution < -0.4 is 16.0 Å². The average Bonchev–Trinajstić information content (AvgIpc) is 3.52. The van der Waals surface area contributed by atoms with Crippen LogP contribution in [0.5, 0.6) is 0 Å². The Morgan fingerprint density at radius 1 is 1.03 bits per heavy atom. The van der Waals surface area contributed by atoms with Crippen LogP contribution in [-0.2, 0) is 12.0 Å². The Labute approximate surface area is 170 Å². The number of hydrogen-bond donors (Lipinski definition) is 0. The smallest absolute Gasteiger partial charge is 0.293 e. The van der Waals surface area contributed by atoms with Crippen molar-refractivity contribution in [3.05, 3.63) is 50.9 Å². The summed E-state index contributed by atoms with van der Waals surface area (Å²) in [5, 5.41) is 4.55. The molecule has 0 bridgehead atoms. The molecule has 8 heteroatoms. The minimum absolute atomic E-state index is 0.0261. The summed E-state index contributed by atoms with van der Waals surface area (Å²) < 4.78 is 3.40. The number of rotatable bonds is 5. The van der Waals surface area contributed by atoms with Gasteiger partial charge in [0.25, 0.3) is 11.1 Å². The van der Waals surface area contributed by atoms with Gasteiger partial charge < -0.3 is 9.47 Å². The fraction of sp³-hybridized carbons (Fsp3) is 0.619. The summed E-state index contributed by atoms with van der Waals surface area (Å²) in [6, 6.07) is 3.79. The van der Waals surface area contributed by atoms with Gasteiger partial charge in [-0.25, -0.2) is 9.67 Å². The van der Waals surface area contributed by atoms with E-state index in [1.54, 1.807) is 23.1 Å². The molecule has 8 nitrogen and oxygen atoms in total. The molecule has 0 aromatic carbocycles. The van der Waals surface area contributed by atoms with E-state index >= 15 is 0 Å². The maximum Gasteiger partial charge on any atom is 0.293 e. The van der Waals surface area contributed by atoms with Crippen LogP contribution in [-0.4, -0.2) is 57.0 Å². The maximum absolute atomic E-state index is 12.7. The second-order valence-electron chi connectivity index (χ2n) is 9.05. The highest BCUT2D eigenvalue weighted by molar-refractivity contribution is 5.36. The largest absolute Gasteiger partial charge is 0.349 e. The van der Waals surface area contributed by atoms with E-state index in [9.17, 15) is 9.59 Å². The van der Waals surface area contributed by atoms with Gasteiger partial charge in [0, 0.05) is 62.6 Å². The van der Waals surface area contributed by atoms with Crippen LogP contribution >= 0.6 is 0 Å². The lowest BCUT2D eigenvalue weighted by Gasteiger charge is -2.35. The molecule has 29 heavy (non-hydrogen) atoms. The maximum atomic E-state index is 12.7. The van der Waals surface area contributed by atoms with Gasteiger partial charge in [-0.3, -0.25) is 14.5 Å². The zero-order chi connectivity index (χ0) is 20.6. The minimum atomic E-state index is -0.0862. The van der Waals surface area contributed by atoms with Crippen molar-refractivity contribution in [3.8, 4) is 0 Å². The predicted octanol–water partition coefficient (Wildman–Crippen LogP) is 1.25.